The fraction of sp³-hybridized carbons (Fsp3) is 0.333. The summed E-state index contributed by atoms with van der Waals surface area (Å²) in [4.78, 5) is 22.7. The van der Waals surface area contributed by atoms with E-state index in [0.717, 1.165) is 12.0 Å². The molecular weight excluding hydrogens is 414 g/mol. The van der Waals surface area contributed by atoms with Gasteiger partial charge in [0.25, 0.3) is 0 Å². The van der Waals surface area contributed by atoms with Crippen LogP contribution in [0.25, 0.3) is 0 Å². The Bertz CT molecular complexity index is 935. The first-order chi connectivity index (χ1) is 14.2. The number of carbonyl (C=O) groups is 2. The number of aliphatic carboxylic acids is 2. The molecule has 0 saturated heterocycles. The number of benzene rings is 2. The van der Waals surface area contributed by atoms with Gasteiger partial charge in [-0.25, -0.2) is 9.59 Å². The first-order valence-corrected chi connectivity index (χ1v) is 9.77. The van der Waals surface area contributed by atoms with Crippen LogP contribution in [0.2, 0.25) is 5.02 Å². The van der Waals surface area contributed by atoms with Crippen LogP contribution in [-0.2, 0) is 16.0 Å². The van der Waals surface area contributed by atoms with E-state index in [1.54, 1.807) is 36.4 Å². The normalized spacial score (nSPS) is 16.1. The number of aliphatic hydroxyl groups excluding tert-OH is 1. The summed E-state index contributed by atoms with van der Waals surface area (Å²) in [6.45, 7) is 2.32. The van der Waals surface area contributed by atoms with Crippen molar-refractivity contribution in [2.75, 3.05) is 6.54 Å². The molecule has 9 heteroatoms. The van der Waals surface area contributed by atoms with Gasteiger partial charge >= 0.3 is 17.7 Å². The fourth-order valence-electron chi connectivity index (χ4n) is 3.20. The van der Waals surface area contributed by atoms with E-state index in [9.17, 15) is 24.9 Å². The standard InChI is InChI=1S/C21H22ClNO7/c1-2-15(23-11-16(24)13-4-3-5-14(22)10-13)8-12-6-7-17-18(9-12)30-21(29-17,19(25)26)20(27)28/h3-7,9-10,15-16,23-24H,2,8,11H2,1H3,(H,25,26)(H,27,28)/t15-,16?/m1/s1. The minimum Gasteiger partial charge on any atom is -0.475 e. The first-order valence-electron chi connectivity index (χ1n) is 9.39. The highest BCUT2D eigenvalue weighted by Crippen LogP contribution is 2.40. The van der Waals surface area contributed by atoms with Gasteiger partial charge in [-0.05, 0) is 48.2 Å². The Morgan fingerprint density at radius 3 is 2.43 bits per heavy atom. The maximum Gasteiger partial charge on any atom is 0.453 e. The Hall–Kier alpha value is -2.81. The van der Waals surface area contributed by atoms with Crippen LogP contribution in [0.4, 0.5) is 0 Å². The Labute approximate surface area is 178 Å². The monoisotopic (exact) mass is 435 g/mol. The zero-order valence-corrected chi connectivity index (χ0v) is 16.9. The van der Waals surface area contributed by atoms with E-state index in [-0.39, 0.29) is 17.5 Å². The van der Waals surface area contributed by atoms with Crippen molar-refractivity contribution in [1.29, 1.82) is 0 Å². The number of aliphatic hydroxyl groups is 1. The number of rotatable bonds is 9. The number of fused-ring (bicyclic) bond motifs is 1. The van der Waals surface area contributed by atoms with Crippen LogP contribution in [0.5, 0.6) is 11.5 Å². The summed E-state index contributed by atoms with van der Waals surface area (Å²) in [6, 6.07) is 11.8. The Balaban J connectivity index is 1.65. The molecule has 160 valence electrons. The van der Waals surface area contributed by atoms with E-state index < -0.39 is 23.8 Å². The Morgan fingerprint density at radius 1 is 1.10 bits per heavy atom. The summed E-state index contributed by atoms with van der Waals surface area (Å²) >= 11 is 5.96. The van der Waals surface area contributed by atoms with Gasteiger partial charge in [0.2, 0.25) is 0 Å². The maximum absolute atomic E-state index is 11.4. The summed E-state index contributed by atoms with van der Waals surface area (Å²) in [7, 11) is 0. The zero-order chi connectivity index (χ0) is 21.9. The van der Waals surface area contributed by atoms with Crippen molar-refractivity contribution in [3.63, 3.8) is 0 Å². The van der Waals surface area contributed by atoms with E-state index in [4.69, 9.17) is 21.1 Å². The second kappa shape index (κ2) is 8.91. The van der Waals surface area contributed by atoms with E-state index in [1.165, 1.54) is 6.07 Å². The summed E-state index contributed by atoms with van der Waals surface area (Å²) in [5, 5.41) is 32.7. The molecule has 1 heterocycles. The van der Waals surface area contributed by atoms with Crippen LogP contribution in [0.15, 0.2) is 42.5 Å². The molecule has 4 N–H and O–H groups in total. The first kappa shape index (κ1) is 21.9. The van der Waals surface area contributed by atoms with Gasteiger partial charge in [-0.3, -0.25) is 0 Å². The number of halogens is 1. The molecule has 30 heavy (non-hydrogen) atoms. The molecule has 1 aliphatic rings. The number of carboxylic acid groups (broad SMARTS) is 2. The molecule has 0 amide bonds. The van der Waals surface area contributed by atoms with E-state index >= 15 is 0 Å². The number of carboxylic acids is 2. The number of hydrogen-bond donors (Lipinski definition) is 4. The highest BCUT2D eigenvalue weighted by atomic mass is 35.5. The Kier molecular flexibility index (Phi) is 6.50. The van der Waals surface area contributed by atoms with Gasteiger partial charge in [-0.2, -0.15) is 0 Å². The molecule has 2 aromatic rings. The molecule has 0 aliphatic carbocycles. The molecule has 0 bridgehead atoms. The summed E-state index contributed by atoms with van der Waals surface area (Å²) in [6.07, 6.45) is 0.606. The lowest BCUT2D eigenvalue weighted by atomic mass is 10.0. The number of hydrogen-bond acceptors (Lipinski definition) is 6. The average molecular weight is 436 g/mol. The zero-order valence-electron chi connectivity index (χ0n) is 16.2. The molecule has 1 aliphatic heterocycles. The molecule has 2 aromatic carbocycles. The van der Waals surface area contributed by atoms with Gasteiger partial charge in [0, 0.05) is 17.6 Å². The maximum atomic E-state index is 11.4. The second-order valence-corrected chi connectivity index (χ2v) is 7.44. The van der Waals surface area contributed by atoms with Crippen LogP contribution in [0.3, 0.4) is 0 Å². The lowest BCUT2D eigenvalue weighted by Gasteiger charge is -2.20. The smallest absolute Gasteiger partial charge is 0.453 e. The van der Waals surface area contributed by atoms with Crippen LogP contribution in [0, 0.1) is 0 Å². The van der Waals surface area contributed by atoms with Crippen molar-refractivity contribution in [2.24, 2.45) is 0 Å². The third-order valence-corrected chi connectivity index (χ3v) is 5.12. The third-order valence-electron chi connectivity index (χ3n) is 4.89. The highest BCUT2D eigenvalue weighted by molar-refractivity contribution is 6.30. The largest absolute Gasteiger partial charge is 0.475 e. The highest BCUT2D eigenvalue weighted by Gasteiger charge is 2.57. The van der Waals surface area contributed by atoms with Crippen molar-refractivity contribution in [3.8, 4) is 11.5 Å². The van der Waals surface area contributed by atoms with E-state index in [0.29, 0.717) is 23.6 Å². The minimum absolute atomic E-state index is 0.0166. The molecule has 2 atom stereocenters. The molecular formula is C21H22ClNO7. The topological polar surface area (TPSA) is 125 Å². The van der Waals surface area contributed by atoms with E-state index in [1.807, 2.05) is 6.92 Å². The van der Waals surface area contributed by atoms with Gasteiger partial charge in [0.05, 0.1) is 6.10 Å². The van der Waals surface area contributed by atoms with Gasteiger partial charge < -0.3 is 30.1 Å². The predicted molar refractivity (Wildman–Crippen MR) is 108 cm³/mol. The average Bonchev–Trinajstić information content (AvgIpc) is 3.11. The quantitative estimate of drug-likeness (QED) is 0.443. The molecule has 1 unspecified atom stereocenters. The molecule has 0 radical (unpaired) electrons. The summed E-state index contributed by atoms with van der Waals surface area (Å²) in [5.41, 5.74) is 1.52. The minimum atomic E-state index is -2.77. The van der Waals surface area contributed by atoms with Crippen LogP contribution in [0.1, 0.15) is 30.6 Å². The molecule has 0 aromatic heterocycles. The number of nitrogens with one attached hydrogen (secondary N) is 1. The predicted octanol–water partition coefficient (Wildman–Crippen LogP) is 2.62. The van der Waals surface area contributed by atoms with Crippen molar-refractivity contribution in [1.82, 2.24) is 5.32 Å². The second-order valence-electron chi connectivity index (χ2n) is 7.00. The summed E-state index contributed by atoms with van der Waals surface area (Å²) in [5.74, 6) is -6.14. The molecule has 0 saturated carbocycles. The Morgan fingerprint density at radius 2 is 1.80 bits per heavy atom. The van der Waals surface area contributed by atoms with Crippen molar-refractivity contribution >= 4 is 23.5 Å². The van der Waals surface area contributed by atoms with Gasteiger partial charge in [-0.15, -0.1) is 0 Å². The SMILES string of the molecule is CC[C@H](Cc1ccc2c(c1)OC(C(=O)O)(C(=O)O)O2)NCC(O)c1cccc(Cl)c1. The van der Waals surface area contributed by atoms with Crippen molar-refractivity contribution in [2.45, 2.75) is 37.7 Å². The van der Waals surface area contributed by atoms with Crippen molar-refractivity contribution in [3.05, 3.63) is 58.6 Å². The van der Waals surface area contributed by atoms with Crippen molar-refractivity contribution < 1.29 is 34.4 Å². The van der Waals surface area contributed by atoms with Gasteiger partial charge in [-0.1, -0.05) is 36.7 Å². The molecule has 0 fully saturated rings. The third kappa shape index (κ3) is 4.51. The van der Waals surface area contributed by atoms with E-state index in [2.05, 4.69) is 5.32 Å². The molecule has 8 nitrogen and oxygen atoms in total. The fourth-order valence-corrected chi connectivity index (χ4v) is 3.39. The molecule has 3 rings (SSSR count). The van der Waals surface area contributed by atoms with Crippen LogP contribution < -0.4 is 14.8 Å². The lowest BCUT2D eigenvalue weighted by molar-refractivity contribution is -0.194. The lowest BCUT2D eigenvalue weighted by Crippen LogP contribution is -2.54. The van der Waals surface area contributed by atoms with Gasteiger partial charge in [0.1, 0.15) is 0 Å². The summed E-state index contributed by atoms with van der Waals surface area (Å²) < 4.78 is 10.2. The number of ether oxygens (including phenoxy) is 2. The molecule has 0 spiro atoms. The van der Waals surface area contributed by atoms with Crippen LogP contribution >= 0.6 is 11.6 Å². The van der Waals surface area contributed by atoms with Gasteiger partial charge in [0.15, 0.2) is 11.5 Å². The van der Waals surface area contributed by atoms with Crippen LogP contribution in [-0.4, -0.2) is 45.6 Å².